The van der Waals surface area contributed by atoms with Gasteiger partial charge in [-0.2, -0.15) is 0 Å². The molecule has 10 rings (SSSR count). The molecule has 0 unspecified atom stereocenters. The molecule has 1 heteroatoms. The number of furan rings is 1. The molecule has 0 atom stereocenters. The van der Waals surface area contributed by atoms with Gasteiger partial charge in [-0.3, -0.25) is 0 Å². The first kappa shape index (κ1) is 24.5. The molecule has 0 aliphatic heterocycles. The van der Waals surface area contributed by atoms with Crippen molar-refractivity contribution in [2.75, 3.05) is 0 Å². The van der Waals surface area contributed by atoms with Crippen LogP contribution in [0.4, 0.5) is 0 Å². The van der Waals surface area contributed by atoms with E-state index in [-0.39, 0.29) is 0 Å². The summed E-state index contributed by atoms with van der Waals surface area (Å²) in [5.74, 6) is 0. The van der Waals surface area contributed by atoms with Crippen LogP contribution in [-0.2, 0) is 0 Å². The van der Waals surface area contributed by atoms with Gasteiger partial charge in [-0.15, -0.1) is 0 Å². The maximum absolute atomic E-state index is 6.20. The number of benzene rings is 8. The SMILES string of the molecule is c1ccc(-c2cccc(-c3cc4cc5c(cc4cc3-c3ccc4oc6ccccc6c4c3)-c3cccc4cccc-5c34)c2)cc1. The number of hydrogen-bond donors (Lipinski definition) is 0. The summed E-state index contributed by atoms with van der Waals surface area (Å²) in [6, 6.07) is 57.5. The average molecular weight is 571 g/mol. The molecule has 1 aliphatic rings. The second-order valence-corrected chi connectivity index (χ2v) is 12.1. The Morgan fingerprint density at radius 3 is 1.62 bits per heavy atom. The van der Waals surface area contributed by atoms with E-state index in [0.29, 0.717) is 0 Å². The predicted molar refractivity (Wildman–Crippen MR) is 189 cm³/mol. The van der Waals surface area contributed by atoms with Crippen LogP contribution in [0.5, 0.6) is 0 Å². The van der Waals surface area contributed by atoms with E-state index in [0.717, 1.165) is 21.9 Å². The molecule has 0 amide bonds. The van der Waals surface area contributed by atoms with Crippen LogP contribution in [0.2, 0.25) is 0 Å². The van der Waals surface area contributed by atoms with Gasteiger partial charge in [0.15, 0.2) is 0 Å². The summed E-state index contributed by atoms with van der Waals surface area (Å²) in [7, 11) is 0. The van der Waals surface area contributed by atoms with Crippen LogP contribution < -0.4 is 0 Å². The minimum Gasteiger partial charge on any atom is -0.456 e. The van der Waals surface area contributed by atoms with Gasteiger partial charge in [-0.05, 0) is 126 Å². The number of para-hydroxylation sites is 1. The van der Waals surface area contributed by atoms with Crippen molar-refractivity contribution in [1.29, 1.82) is 0 Å². The second-order valence-electron chi connectivity index (χ2n) is 12.1. The molecule has 208 valence electrons. The fraction of sp³-hybridized carbons (Fsp3) is 0. The maximum atomic E-state index is 6.20. The Morgan fingerprint density at radius 2 is 0.867 bits per heavy atom. The summed E-state index contributed by atoms with van der Waals surface area (Å²) in [6.45, 7) is 0. The smallest absolute Gasteiger partial charge is 0.135 e. The van der Waals surface area contributed by atoms with Crippen LogP contribution in [0.3, 0.4) is 0 Å². The summed E-state index contributed by atoms with van der Waals surface area (Å²) in [6.07, 6.45) is 0. The Balaban J connectivity index is 1.25. The monoisotopic (exact) mass is 570 g/mol. The lowest BCUT2D eigenvalue weighted by atomic mass is 9.88. The fourth-order valence-electron chi connectivity index (χ4n) is 7.45. The molecular formula is C44H26O. The third-order valence-electron chi connectivity index (χ3n) is 9.57. The highest BCUT2D eigenvalue weighted by molar-refractivity contribution is 6.18. The van der Waals surface area contributed by atoms with Gasteiger partial charge in [0.25, 0.3) is 0 Å². The lowest BCUT2D eigenvalue weighted by Crippen LogP contribution is -1.89. The molecule has 0 saturated heterocycles. The largest absolute Gasteiger partial charge is 0.456 e. The minimum absolute atomic E-state index is 0.914. The van der Waals surface area contributed by atoms with Crippen molar-refractivity contribution in [3.05, 3.63) is 158 Å². The van der Waals surface area contributed by atoms with E-state index in [4.69, 9.17) is 4.42 Å². The van der Waals surface area contributed by atoms with Crippen molar-refractivity contribution >= 4 is 43.5 Å². The van der Waals surface area contributed by atoms with Crippen LogP contribution in [0.25, 0.3) is 99.1 Å². The van der Waals surface area contributed by atoms with Crippen LogP contribution >= 0.6 is 0 Å². The highest BCUT2D eigenvalue weighted by Crippen LogP contribution is 2.49. The van der Waals surface area contributed by atoms with Crippen molar-refractivity contribution in [3.63, 3.8) is 0 Å². The van der Waals surface area contributed by atoms with Crippen molar-refractivity contribution in [2.24, 2.45) is 0 Å². The first-order valence-corrected chi connectivity index (χ1v) is 15.5. The van der Waals surface area contributed by atoms with Crippen LogP contribution in [0, 0.1) is 0 Å². The van der Waals surface area contributed by atoms with Gasteiger partial charge < -0.3 is 4.42 Å². The summed E-state index contributed by atoms with van der Waals surface area (Å²) in [5, 5.41) is 7.43. The zero-order valence-corrected chi connectivity index (χ0v) is 24.4. The number of fused-ring (bicyclic) bond motifs is 7. The molecule has 1 aliphatic carbocycles. The van der Waals surface area contributed by atoms with E-state index >= 15 is 0 Å². The normalized spacial score (nSPS) is 12.0. The van der Waals surface area contributed by atoms with E-state index < -0.39 is 0 Å². The highest BCUT2D eigenvalue weighted by Gasteiger charge is 2.22. The van der Waals surface area contributed by atoms with Gasteiger partial charge in [0, 0.05) is 10.8 Å². The highest BCUT2D eigenvalue weighted by atomic mass is 16.3. The molecule has 0 bridgehead atoms. The molecule has 8 aromatic carbocycles. The summed E-state index contributed by atoms with van der Waals surface area (Å²) in [5.41, 5.74) is 14.4. The molecule has 0 fully saturated rings. The Bertz CT molecular complexity index is 2630. The summed E-state index contributed by atoms with van der Waals surface area (Å²) in [4.78, 5) is 0. The Morgan fingerprint density at radius 1 is 0.289 bits per heavy atom. The molecule has 1 aromatic heterocycles. The van der Waals surface area contributed by atoms with Gasteiger partial charge >= 0.3 is 0 Å². The first-order chi connectivity index (χ1) is 22.3. The average Bonchev–Trinajstić information content (AvgIpc) is 3.63. The molecule has 45 heavy (non-hydrogen) atoms. The van der Waals surface area contributed by atoms with Gasteiger partial charge in [-0.1, -0.05) is 109 Å². The predicted octanol–water partition coefficient (Wildman–Crippen LogP) is 12.5. The van der Waals surface area contributed by atoms with E-state index in [1.54, 1.807) is 0 Å². The molecule has 9 aromatic rings. The standard InChI is InChI=1S/C44H26O/c1-2-9-27(10-3-1)29-13-6-14-30(21-29)37-23-32-25-39-35-16-7-11-28-12-8-17-36(44(28)35)40(39)26-33(32)24-38(37)31-19-20-43-41(22-31)34-15-4-5-18-42(34)45-43/h1-26H. The lowest BCUT2D eigenvalue weighted by molar-refractivity contribution is 0.669. The van der Waals surface area contributed by atoms with Gasteiger partial charge in [-0.25, -0.2) is 0 Å². The Hall–Kier alpha value is -5.92. The second kappa shape index (κ2) is 9.29. The molecule has 0 spiro atoms. The zero-order chi connectivity index (χ0) is 29.5. The first-order valence-electron chi connectivity index (χ1n) is 15.5. The number of hydrogen-bond acceptors (Lipinski definition) is 1. The third kappa shape index (κ3) is 3.68. The summed E-state index contributed by atoms with van der Waals surface area (Å²) >= 11 is 0. The van der Waals surface area contributed by atoms with Crippen molar-refractivity contribution in [1.82, 2.24) is 0 Å². The molecule has 1 nitrogen and oxygen atoms in total. The molecule has 1 heterocycles. The van der Waals surface area contributed by atoms with E-state index in [9.17, 15) is 0 Å². The molecular weight excluding hydrogens is 544 g/mol. The van der Waals surface area contributed by atoms with Gasteiger partial charge in [0.05, 0.1) is 0 Å². The summed E-state index contributed by atoms with van der Waals surface area (Å²) < 4.78 is 6.20. The van der Waals surface area contributed by atoms with E-state index in [2.05, 4.69) is 146 Å². The van der Waals surface area contributed by atoms with Crippen molar-refractivity contribution in [2.45, 2.75) is 0 Å². The van der Waals surface area contributed by atoms with Crippen LogP contribution in [-0.4, -0.2) is 0 Å². The lowest BCUT2D eigenvalue weighted by Gasteiger charge is -2.15. The minimum atomic E-state index is 0.914. The third-order valence-corrected chi connectivity index (χ3v) is 9.57. The van der Waals surface area contributed by atoms with Gasteiger partial charge in [0.2, 0.25) is 0 Å². The molecule has 0 radical (unpaired) electrons. The van der Waals surface area contributed by atoms with Crippen molar-refractivity contribution < 1.29 is 4.42 Å². The van der Waals surface area contributed by atoms with E-state index in [1.807, 2.05) is 12.1 Å². The fourth-order valence-corrected chi connectivity index (χ4v) is 7.45. The van der Waals surface area contributed by atoms with Crippen molar-refractivity contribution in [3.8, 4) is 55.6 Å². The van der Waals surface area contributed by atoms with Crippen LogP contribution in [0.15, 0.2) is 162 Å². The molecule has 0 N–H and O–H groups in total. The topological polar surface area (TPSA) is 13.1 Å². The maximum Gasteiger partial charge on any atom is 0.135 e. The Kier molecular flexibility index (Phi) is 5.06. The zero-order valence-electron chi connectivity index (χ0n) is 24.4. The van der Waals surface area contributed by atoms with Gasteiger partial charge in [0.1, 0.15) is 11.2 Å². The van der Waals surface area contributed by atoms with Crippen LogP contribution in [0.1, 0.15) is 0 Å². The number of rotatable bonds is 3. The van der Waals surface area contributed by atoms with E-state index in [1.165, 1.54) is 77.2 Å². The Labute approximate surface area is 260 Å². The quantitative estimate of drug-likeness (QED) is 0.206. The molecule has 0 saturated carbocycles.